The Labute approximate surface area is 90.4 Å². The van der Waals surface area contributed by atoms with Gasteiger partial charge in [0.2, 0.25) is 5.91 Å². The second-order valence-corrected chi connectivity index (χ2v) is 3.85. The zero-order valence-corrected chi connectivity index (χ0v) is 8.93. The number of hydrogen-bond donors (Lipinski definition) is 3. The summed E-state index contributed by atoms with van der Waals surface area (Å²) in [6.45, 7) is 1.81. The number of aromatic amines is 1. The average Bonchev–Trinajstić information content (AvgIpc) is 2.51. The number of H-pyrrole nitrogens is 1. The quantitative estimate of drug-likeness (QED) is 0.682. The molecule has 82 valence electrons. The Kier molecular flexibility index (Phi) is 4.17. The standard InChI is InChI=1S/C8H11N3O3S/c1-5-2-9-11-8(5)10-6(12)3-15-4-7(13)14/h2H,3-4H2,1H3,(H,13,14)(H2,9,10,11,12). The van der Waals surface area contributed by atoms with Crippen LogP contribution in [0.3, 0.4) is 0 Å². The van der Waals surface area contributed by atoms with Crippen molar-refractivity contribution in [2.45, 2.75) is 6.92 Å². The van der Waals surface area contributed by atoms with Crippen LogP contribution in [-0.4, -0.2) is 38.7 Å². The van der Waals surface area contributed by atoms with E-state index in [-0.39, 0.29) is 17.4 Å². The number of nitrogens with zero attached hydrogens (tertiary/aromatic N) is 1. The van der Waals surface area contributed by atoms with E-state index in [1.165, 1.54) is 0 Å². The maximum atomic E-state index is 11.3. The van der Waals surface area contributed by atoms with E-state index >= 15 is 0 Å². The molecule has 7 heteroatoms. The molecule has 0 fully saturated rings. The molecule has 1 rings (SSSR count). The first kappa shape index (κ1) is 11.6. The number of aromatic nitrogens is 2. The summed E-state index contributed by atoms with van der Waals surface area (Å²) in [7, 11) is 0. The molecule has 15 heavy (non-hydrogen) atoms. The van der Waals surface area contributed by atoms with Gasteiger partial charge in [-0.15, -0.1) is 11.8 Å². The van der Waals surface area contributed by atoms with Crippen LogP contribution in [0.4, 0.5) is 5.82 Å². The number of hydrogen-bond acceptors (Lipinski definition) is 4. The van der Waals surface area contributed by atoms with Crippen LogP contribution in [0.15, 0.2) is 6.20 Å². The highest BCUT2D eigenvalue weighted by Gasteiger charge is 2.07. The van der Waals surface area contributed by atoms with Crippen LogP contribution >= 0.6 is 11.8 Å². The molecule has 0 aromatic carbocycles. The lowest BCUT2D eigenvalue weighted by molar-refractivity contribution is -0.133. The van der Waals surface area contributed by atoms with Crippen LogP contribution in [0.1, 0.15) is 5.56 Å². The van der Waals surface area contributed by atoms with Crippen molar-refractivity contribution < 1.29 is 14.7 Å². The van der Waals surface area contributed by atoms with E-state index in [0.29, 0.717) is 5.82 Å². The number of anilines is 1. The molecule has 0 unspecified atom stereocenters. The zero-order valence-electron chi connectivity index (χ0n) is 8.11. The molecule has 0 radical (unpaired) electrons. The van der Waals surface area contributed by atoms with Crippen molar-refractivity contribution in [1.29, 1.82) is 0 Å². The van der Waals surface area contributed by atoms with E-state index in [1.54, 1.807) is 6.20 Å². The van der Waals surface area contributed by atoms with Crippen LogP contribution in [0, 0.1) is 6.92 Å². The lowest BCUT2D eigenvalue weighted by Crippen LogP contribution is -2.16. The highest BCUT2D eigenvalue weighted by molar-refractivity contribution is 8.00. The smallest absolute Gasteiger partial charge is 0.313 e. The van der Waals surface area contributed by atoms with Gasteiger partial charge >= 0.3 is 5.97 Å². The van der Waals surface area contributed by atoms with Gasteiger partial charge in [0.25, 0.3) is 0 Å². The number of rotatable bonds is 5. The summed E-state index contributed by atoms with van der Waals surface area (Å²) in [6.07, 6.45) is 1.60. The van der Waals surface area contributed by atoms with Crippen molar-refractivity contribution in [2.75, 3.05) is 16.8 Å². The van der Waals surface area contributed by atoms with Crippen LogP contribution < -0.4 is 5.32 Å². The third kappa shape index (κ3) is 4.03. The Morgan fingerprint density at radius 1 is 1.60 bits per heavy atom. The van der Waals surface area contributed by atoms with E-state index in [2.05, 4.69) is 15.5 Å². The van der Waals surface area contributed by atoms with E-state index in [0.717, 1.165) is 17.3 Å². The molecule has 0 aliphatic carbocycles. The molecule has 3 N–H and O–H groups in total. The first-order valence-corrected chi connectivity index (χ1v) is 5.34. The van der Waals surface area contributed by atoms with Crippen molar-refractivity contribution in [1.82, 2.24) is 10.2 Å². The molecule has 0 saturated carbocycles. The second kappa shape index (κ2) is 5.40. The van der Waals surface area contributed by atoms with Gasteiger partial charge in [-0.3, -0.25) is 14.7 Å². The number of carboxylic acids is 1. The summed E-state index contributed by atoms with van der Waals surface area (Å²) < 4.78 is 0. The largest absolute Gasteiger partial charge is 0.481 e. The lowest BCUT2D eigenvalue weighted by atomic mass is 10.4. The zero-order chi connectivity index (χ0) is 11.3. The summed E-state index contributed by atoms with van der Waals surface area (Å²) in [5.74, 6) is -0.574. The van der Waals surface area contributed by atoms with Crippen LogP contribution in [0.2, 0.25) is 0 Å². The lowest BCUT2D eigenvalue weighted by Gasteiger charge is -2.02. The number of amides is 1. The maximum absolute atomic E-state index is 11.3. The van der Waals surface area contributed by atoms with Gasteiger partial charge in [-0.2, -0.15) is 5.10 Å². The van der Waals surface area contributed by atoms with Crippen LogP contribution in [0.25, 0.3) is 0 Å². The Bertz CT molecular complexity index is 364. The van der Waals surface area contributed by atoms with Crippen LogP contribution in [-0.2, 0) is 9.59 Å². The topological polar surface area (TPSA) is 95.1 Å². The summed E-state index contributed by atoms with van der Waals surface area (Å²) in [6, 6.07) is 0. The minimum atomic E-state index is -0.925. The number of carbonyl (C=O) groups excluding carboxylic acids is 1. The number of aryl methyl sites for hydroxylation is 1. The minimum Gasteiger partial charge on any atom is -0.481 e. The third-order valence-corrected chi connectivity index (χ3v) is 2.47. The highest BCUT2D eigenvalue weighted by atomic mass is 32.2. The first-order valence-electron chi connectivity index (χ1n) is 4.19. The van der Waals surface area contributed by atoms with Gasteiger partial charge in [0, 0.05) is 5.56 Å². The summed E-state index contributed by atoms with van der Waals surface area (Å²) in [5, 5.41) is 17.3. The van der Waals surface area contributed by atoms with Gasteiger partial charge in [0.05, 0.1) is 17.7 Å². The molecule has 6 nitrogen and oxygen atoms in total. The molecular formula is C8H11N3O3S. The van der Waals surface area contributed by atoms with Gasteiger partial charge in [-0.05, 0) is 6.92 Å². The molecular weight excluding hydrogens is 218 g/mol. The van der Waals surface area contributed by atoms with Gasteiger partial charge < -0.3 is 10.4 Å². The molecule has 1 heterocycles. The number of aliphatic carboxylic acids is 1. The fourth-order valence-corrected chi connectivity index (χ4v) is 1.41. The van der Waals surface area contributed by atoms with Crippen molar-refractivity contribution >= 4 is 29.5 Å². The predicted molar refractivity (Wildman–Crippen MR) is 56.9 cm³/mol. The Morgan fingerprint density at radius 2 is 2.33 bits per heavy atom. The summed E-state index contributed by atoms with van der Waals surface area (Å²) >= 11 is 1.05. The van der Waals surface area contributed by atoms with Crippen molar-refractivity contribution in [3.63, 3.8) is 0 Å². The summed E-state index contributed by atoms with van der Waals surface area (Å²) in [4.78, 5) is 21.5. The van der Waals surface area contributed by atoms with Crippen molar-refractivity contribution in [3.8, 4) is 0 Å². The van der Waals surface area contributed by atoms with Crippen molar-refractivity contribution in [3.05, 3.63) is 11.8 Å². The number of carbonyl (C=O) groups is 2. The fraction of sp³-hybridized carbons (Fsp3) is 0.375. The second-order valence-electron chi connectivity index (χ2n) is 2.86. The van der Waals surface area contributed by atoms with Gasteiger partial charge in [-0.1, -0.05) is 0 Å². The molecule has 0 spiro atoms. The van der Waals surface area contributed by atoms with Gasteiger partial charge in [0.15, 0.2) is 0 Å². The van der Waals surface area contributed by atoms with E-state index < -0.39 is 5.97 Å². The van der Waals surface area contributed by atoms with E-state index in [9.17, 15) is 9.59 Å². The van der Waals surface area contributed by atoms with Crippen molar-refractivity contribution in [2.24, 2.45) is 0 Å². The molecule has 1 amide bonds. The van der Waals surface area contributed by atoms with Gasteiger partial charge in [-0.25, -0.2) is 0 Å². The summed E-state index contributed by atoms with van der Waals surface area (Å²) in [5.41, 5.74) is 0.839. The molecule has 0 saturated heterocycles. The Hall–Kier alpha value is -1.50. The van der Waals surface area contributed by atoms with E-state index in [4.69, 9.17) is 5.11 Å². The van der Waals surface area contributed by atoms with E-state index in [1.807, 2.05) is 6.92 Å². The molecule has 0 bridgehead atoms. The third-order valence-electron chi connectivity index (χ3n) is 1.55. The van der Waals surface area contributed by atoms with Gasteiger partial charge in [0.1, 0.15) is 5.82 Å². The monoisotopic (exact) mass is 229 g/mol. The Balaban J connectivity index is 2.31. The SMILES string of the molecule is Cc1cn[nH]c1NC(=O)CSCC(=O)O. The predicted octanol–water partition coefficient (Wildman–Crippen LogP) is 0.474. The van der Waals surface area contributed by atoms with Crippen LogP contribution in [0.5, 0.6) is 0 Å². The number of carboxylic acid groups (broad SMARTS) is 1. The molecule has 0 aliphatic heterocycles. The Morgan fingerprint density at radius 3 is 2.87 bits per heavy atom. The molecule has 0 aliphatic rings. The number of thioether (sulfide) groups is 1. The normalized spacial score (nSPS) is 9.93. The minimum absolute atomic E-state index is 0.0740. The maximum Gasteiger partial charge on any atom is 0.313 e. The molecule has 1 aromatic rings. The number of nitrogens with one attached hydrogen (secondary N) is 2. The molecule has 1 aromatic heterocycles. The fourth-order valence-electron chi connectivity index (χ4n) is 0.879. The first-order chi connectivity index (χ1) is 7.09. The highest BCUT2D eigenvalue weighted by Crippen LogP contribution is 2.09. The average molecular weight is 229 g/mol. The molecule has 0 atom stereocenters.